The van der Waals surface area contributed by atoms with E-state index < -0.39 is 6.09 Å². The van der Waals surface area contributed by atoms with E-state index >= 15 is 0 Å². The predicted octanol–water partition coefficient (Wildman–Crippen LogP) is 2.05. The lowest BCUT2D eigenvalue weighted by Gasteiger charge is -2.31. The molecule has 1 fully saturated rings. The van der Waals surface area contributed by atoms with Crippen molar-refractivity contribution >= 4 is 6.09 Å². The van der Waals surface area contributed by atoms with Crippen LogP contribution in [0.15, 0.2) is 30.3 Å². The topological polar surface area (TPSA) is 52.6 Å². The maximum Gasteiger partial charge on any atom is 0.419 e. The van der Waals surface area contributed by atoms with Gasteiger partial charge in [0, 0.05) is 13.1 Å². The van der Waals surface area contributed by atoms with Crippen molar-refractivity contribution in [3.63, 3.8) is 0 Å². The Balaban J connectivity index is 1.88. The van der Waals surface area contributed by atoms with Crippen molar-refractivity contribution in [3.05, 3.63) is 35.9 Å². The zero-order chi connectivity index (χ0) is 11.4. The first kappa shape index (κ1) is 11.0. The van der Waals surface area contributed by atoms with Crippen molar-refractivity contribution in [2.75, 3.05) is 13.1 Å². The molecule has 1 saturated heterocycles. The summed E-state index contributed by atoms with van der Waals surface area (Å²) < 4.78 is 0. The molecule has 1 aliphatic rings. The fourth-order valence-corrected chi connectivity index (χ4v) is 2.19. The molecule has 1 aliphatic heterocycles. The first-order chi connectivity index (χ1) is 7.75. The van der Waals surface area contributed by atoms with Crippen LogP contribution < -0.4 is 5.43 Å². The minimum Gasteiger partial charge on any atom is -0.464 e. The van der Waals surface area contributed by atoms with Gasteiger partial charge in [-0.15, -0.1) is 0 Å². The summed E-state index contributed by atoms with van der Waals surface area (Å²) in [5.41, 5.74) is 3.76. The number of benzene rings is 1. The lowest BCUT2D eigenvalue weighted by atomic mass is 9.90. The largest absolute Gasteiger partial charge is 0.464 e. The molecular weight excluding hydrogens is 204 g/mol. The fraction of sp³-hybridized carbons (Fsp3) is 0.417. The Hall–Kier alpha value is -1.55. The van der Waals surface area contributed by atoms with Crippen molar-refractivity contribution in [3.8, 4) is 0 Å². The molecule has 0 spiro atoms. The van der Waals surface area contributed by atoms with Gasteiger partial charge in [-0.05, 0) is 24.3 Å². The lowest BCUT2D eigenvalue weighted by Crippen LogP contribution is -2.45. The monoisotopic (exact) mass is 220 g/mol. The molecule has 1 amide bonds. The number of amides is 1. The van der Waals surface area contributed by atoms with E-state index in [2.05, 4.69) is 29.7 Å². The van der Waals surface area contributed by atoms with Gasteiger partial charge in [0.05, 0.1) is 0 Å². The summed E-state index contributed by atoms with van der Waals surface area (Å²) in [5, 5.41) is 10.4. The van der Waals surface area contributed by atoms with Crippen LogP contribution in [0.25, 0.3) is 0 Å². The van der Waals surface area contributed by atoms with Crippen LogP contribution in [0.1, 0.15) is 24.3 Å². The van der Waals surface area contributed by atoms with Crippen molar-refractivity contribution < 1.29 is 9.90 Å². The van der Waals surface area contributed by atoms with Gasteiger partial charge in [-0.3, -0.25) is 5.43 Å². The average Bonchev–Trinajstić information content (AvgIpc) is 2.30. The summed E-state index contributed by atoms with van der Waals surface area (Å²) in [5.74, 6) is 0.563. The summed E-state index contributed by atoms with van der Waals surface area (Å²) in [6.07, 6.45) is 1.03. The fourth-order valence-electron chi connectivity index (χ4n) is 2.19. The third-order valence-electron chi connectivity index (χ3n) is 3.02. The molecule has 2 rings (SSSR count). The molecular formula is C12H16N2O2. The van der Waals surface area contributed by atoms with Gasteiger partial charge in [-0.1, -0.05) is 30.3 Å². The normalized spacial score (nSPS) is 18.2. The van der Waals surface area contributed by atoms with Crippen molar-refractivity contribution in [1.82, 2.24) is 10.4 Å². The van der Waals surface area contributed by atoms with Gasteiger partial charge in [-0.2, -0.15) is 0 Å². The number of carbonyl (C=O) groups is 1. The third kappa shape index (κ3) is 2.73. The predicted molar refractivity (Wildman–Crippen MR) is 61.2 cm³/mol. The molecule has 0 unspecified atom stereocenters. The molecule has 0 bridgehead atoms. The molecule has 1 aromatic carbocycles. The molecule has 2 N–H and O–H groups in total. The number of carboxylic acid groups (broad SMARTS) is 1. The van der Waals surface area contributed by atoms with Gasteiger partial charge >= 0.3 is 6.09 Å². The Kier molecular flexibility index (Phi) is 3.41. The second-order valence-electron chi connectivity index (χ2n) is 4.09. The van der Waals surface area contributed by atoms with Crippen LogP contribution in [0.3, 0.4) is 0 Å². The summed E-state index contributed by atoms with van der Waals surface area (Å²) in [6.45, 7) is 1.57. The minimum absolute atomic E-state index is 0.563. The summed E-state index contributed by atoms with van der Waals surface area (Å²) in [7, 11) is 0. The molecule has 4 heteroatoms. The number of hydrogen-bond donors (Lipinski definition) is 2. The number of piperidine rings is 1. The number of hydrazine groups is 1. The Morgan fingerprint density at radius 3 is 2.44 bits per heavy atom. The van der Waals surface area contributed by atoms with Crippen molar-refractivity contribution in [1.29, 1.82) is 0 Å². The van der Waals surface area contributed by atoms with Crippen LogP contribution in [0, 0.1) is 0 Å². The average molecular weight is 220 g/mol. The maximum atomic E-state index is 10.5. The highest BCUT2D eigenvalue weighted by atomic mass is 16.4. The van der Waals surface area contributed by atoms with E-state index in [1.54, 1.807) is 5.01 Å². The van der Waals surface area contributed by atoms with E-state index in [0.717, 1.165) is 25.9 Å². The van der Waals surface area contributed by atoms with Crippen LogP contribution in [-0.4, -0.2) is 29.3 Å². The number of rotatable bonds is 2. The maximum absolute atomic E-state index is 10.5. The van der Waals surface area contributed by atoms with Gasteiger partial charge in [0.25, 0.3) is 0 Å². The summed E-state index contributed by atoms with van der Waals surface area (Å²) in [4.78, 5) is 10.5. The van der Waals surface area contributed by atoms with Gasteiger partial charge in [0.2, 0.25) is 0 Å². The lowest BCUT2D eigenvalue weighted by molar-refractivity contribution is 0.119. The molecule has 86 valence electrons. The van der Waals surface area contributed by atoms with Gasteiger partial charge in [-0.25, -0.2) is 9.80 Å². The Morgan fingerprint density at radius 2 is 1.88 bits per heavy atom. The number of hydrogen-bond acceptors (Lipinski definition) is 2. The second kappa shape index (κ2) is 4.99. The van der Waals surface area contributed by atoms with Gasteiger partial charge in [0.1, 0.15) is 0 Å². The molecule has 0 saturated carbocycles. The minimum atomic E-state index is -0.974. The standard InChI is InChI=1S/C12H16N2O2/c15-12(16)13-14-8-6-11(7-9-14)10-4-2-1-3-5-10/h1-5,11,13H,6-9H2,(H,15,16). The van der Waals surface area contributed by atoms with E-state index in [0.29, 0.717) is 5.92 Å². The van der Waals surface area contributed by atoms with E-state index in [1.807, 2.05) is 6.07 Å². The Labute approximate surface area is 94.9 Å². The number of nitrogens with zero attached hydrogens (tertiary/aromatic N) is 1. The molecule has 4 nitrogen and oxygen atoms in total. The first-order valence-electron chi connectivity index (χ1n) is 5.55. The van der Waals surface area contributed by atoms with Gasteiger partial charge in [0.15, 0.2) is 0 Å². The highest BCUT2D eigenvalue weighted by Crippen LogP contribution is 2.26. The van der Waals surface area contributed by atoms with E-state index in [-0.39, 0.29) is 0 Å². The van der Waals surface area contributed by atoms with E-state index in [1.165, 1.54) is 5.56 Å². The first-order valence-corrected chi connectivity index (χ1v) is 5.55. The van der Waals surface area contributed by atoms with Crippen LogP contribution in [0.4, 0.5) is 4.79 Å². The van der Waals surface area contributed by atoms with Gasteiger partial charge < -0.3 is 5.11 Å². The zero-order valence-corrected chi connectivity index (χ0v) is 9.10. The molecule has 0 aromatic heterocycles. The van der Waals surface area contributed by atoms with E-state index in [9.17, 15) is 4.79 Å². The van der Waals surface area contributed by atoms with Crippen molar-refractivity contribution in [2.24, 2.45) is 0 Å². The molecule has 1 heterocycles. The highest BCUT2D eigenvalue weighted by Gasteiger charge is 2.20. The smallest absolute Gasteiger partial charge is 0.419 e. The molecule has 0 radical (unpaired) electrons. The second-order valence-corrected chi connectivity index (χ2v) is 4.09. The number of nitrogens with one attached hydrogen (secondary N) is 1. The van der Waals surface area contributed by atoms with E-state index in [4.69, 9.17) is 5.11 Å². The van der Waals surface area contributed by atoms with Crippen LogP contribution >= 0.6 is 0 Å². The molecule has 1 aromatic rings. The molecule has 16 heavy (non-hydrogen) atoms. The Morgan fingerprint density at radius 1 is 1.25 bits per heavy atom. The molecule has 0 atom stereocenters. The third-order valence-corrected chi connectivity index (χ3v) is 3.02. The van der Waals surface area contributed by atoms with Crippen LogP contribution in [0.5, 0.6) is 0 Å². The Bertz CT molecular complexity index is 345. The van der Waals surface area contributed by atoms with Crippen LogP contribution in [0.2, 0.25) is 0 Å². The quantitative estimate of drug-likeness (QED) is 0.802. The summed E-state index contributed by atoms with van der Waals surface area (Å²) in [6, 6.07) is 10.4. The van der Waals surface area contributed by atoms with Crippen LogP contribution in [-0.2, 0) is 0 Å². The molecule has 0 aliphatic carbocycles. The zero-order valence-electron chi connectivity index (χ0n) is 9.10. The summed E-state index contributed by atoms with van der Waals surface area (Å²) >= 11 is 0. The highest BCUT2D eigenvalue weighted by molar-refractivity contribution is 5.63. The van der Waals surface area contributed by atoms with Crippen molar-refractivity contribution in [2.45, 2.75) is 18.8 Å². The SMILES string of the molecule is O=C(O)NN1CCC(c2ccccc2)CC1.